The van der Waals surface area contributed by atoms with E-state index < -0.39 is 0 Å². The van der Waals surface area contributed by atoms with Crippen molar-refractivity contribution >= 4 is 37.0 Å². The van der Waals surface area contributed by atoms with E-state index in [-0.39, 0.29) is 39.7 Å². The standard InChI is InChI=1S/C10H15.C8H11.2CH3.2ClH.GeH2.Zr/c1-8-5-6-9(7-8)10(2,3)4;1-6-4-7(2)8(3)5-6;;;;;;/h7H,6H2,1-4H3;4,6H,1-3H3;2*1H3;2*1H;1H2;/q4*-1;;;;. The van der Waals surface area contributed by atoms with Crippen molar-refractivity contribution in [3.8, 4) is 0 Å². The zero-order valence-electron chi connectivity index (χ0n) is 17.0. The maximum absolute atomic E-state index is 3.30. The number of hydrogen-bond donors (Lipinski definition) is 0. The number of halogens is 2. The van der Waals surface area contributed by atoms with Crippen LogP contribution in [0.1, 0.15) is 54.9 Å². The van der Waals surface area contributed by atoms with E-state index >= 15 is 0 Å². The van der Waals surface area contributed by atoms with Gasteiger partial charge in [0.15, 0.2) is 0 Å². The Hall–Kier alpha value is 0.966. The molecule has 2 rings (SSSR count). The third kappa shape index (κ3) is 14.2. The van der Waals surface area contributed by atoms with Crippen molar-refractivity contribution in [2.75, 3.05) is 0 Å². The fourth-order valence-electron chi connectivity index (χ4n) is 2.08. The molecule has 0 aromatic heterocycles. The number of allylic oxidation sites excluding steroid dienone is 8. The summed E-state index contributed by atoms with van der Waals surface area (Å²) in [5.74, 6) is 0.551. The average Bonchev–Trinajstić information content (AvgIpc) is 2.89. The number of rotatable bonds is 0. The minimum atomic E-state index is 0. The van der Waals surface area contributed by atoms with Crippen LogP contribution in [-0.4, -0.2) is 12.1 Å². The van der Waals surface area contributed by atoms with Crippen LogP contribution in [0.4, 0.5) is 0 Å². The Morgan fingerprint density at radius 3 is 1.67 bits per heavy atom. The van der Waals surface area contributed by atoms with Crippen molar-refractivity contribution < 1.29 is 21.6 Å². The molecule has 1 atom stereocenters. The summed E-state index contributed by atoms with van der Waals surface area (Å²) in [6.07, 6.45) is 12.1. The van der Waals surface area contributed by atoms with Gasteiger partial charge in [0.25, 0.3) is 0 Å². The molecule has 0 saturated heterocycles. The minimum absolute atomic E-state index is 0. The Kier molecular flexibility index (Phi) is 26.1. The van der Waals surface area contributed by atoms with E-state index in [1.165, 1.54) is 34.4 Å². The summed E-state index contributed by atoms with van der Waals surface area (Å²) in [6.45, 7) is 15.2. The van der Waals surface area contributed by atoms with Gasteiger partial charge in [-0.15, -0.1) is 38.2 Å². The van der Waals surface area contributed by atoms with Crippen LogP contribution < -0.4 is 0 Å². The molecule has 24 heavy (non-hydrogen) atoms. The van der Waals surface area contributed by atoms with Crippen LogP contribution in [0.5, 0.6) is 0 Å². The van der Waals surface area contributed by atoms with E-state index in [1.807, 2.05) is 0 Å². The summed E-state index contributed by atoms with van der Waals surface area (Å²) >= 11 is 3.14. The predicted molar refractivity (Wildman–Crippen MR) is 116 cm³/mol. The number of hydrogen-bond acceptors (Lipinski definition) is 0. The fraction of sp³-hybridized carbons (Fsp3) is 0.500. The Balaban J connectivity index is -0.0000000798. The SMILES string of the molecule is CC1=[C-]C(C)C=C1C.CC1=[C-]CC(C(C)(C)C)=C1.Cl.Cl.[CH3-].[CH3-].[GeH2]=[Zr]. The molecule has 0 amide bonds. The van der Waals surface area contributed by atoms with Gasteiger partial charge in [0.2, 0.25) is 0 Å². The van der Waals surface area contributed by atoms with Crippen molar-refractivity contribution in [3.63, 3.8) is 0 Å². The first-order chi connectivity index (χ1) is 9.20. The van der Waals surface area contributed by atoms with E-state index in [2.05, 4.69) is 72.8 Å². The van der Waals surface area contributed by atoms with Crippen LogP contribution in [0.25, 0.3) is 0 Å². The maximum atomic E-state index is 3.30. The molecule has 0 N–H and O–H groups in total. The van der Waals surface area contributed by atoms with E-state index in [4.69, 9.17) is 0 Å². The van der Waals surface area contributed by atoms with Gasteiger partial charge in [0, 0.05) is 0 Å². The molecule has 0 fully saturated rings. The van der Waals surface area contributed by atoms with Gasteiger partial charge in [0.05, 0.1) is 0 Å². The summed E-state index contributed by atoms with van der Waals surface area (Å²) in [4.78, 5) is 0. The molecule has 2 aliphatic carbocycles. The van der Waals surface area contributed by atoms with Gasteiger partial charge >= 0.3 is 33.7 Å². The quantitative estimate of drug-likeness (QED) is 0.266. The molecule has 1 unspecified atom stereocenters. The fourth-order valence-corrected chi connectivity index (χ4v) is 2.08. The van der Waals surface area contributed by atoms with E-state index in [1.54, 1.807) is 21.6 Å². The Bertz CT molecular complexity index is 437. The third-order valence-electron chi connectivity index (χ3n) is 3.45. The van der Waals surface area contributed by atoms with Crippen LogP contribution in [0.2, 0.25) is 0 Å². The molecule has 0 radical (unpaired) electrons. The van der Waals surface area contributed by atoms with Crippen molar-refractivity contribution in [1.29, 1.82) is 0 Å². The van der Waals surface area contributed by atoms with Crippen LogP contribution in [0.3, 0.4) is 0 Å². The van der Waals surface area contributed by atoms with E-state index in [0.717, 1.165) is 6.42 Å². The zero-order valence-corrected chi connectivity index (χ0v) is 24.0. The first kappa shape index (κ1) is 36.0. The van der Waals surface area contributed by atoms with E-state index in [9.17, 15) is 0 Å². The third-order valence-corrected chi connectivity index (χ3v) is 3.45. The van der Waals surface area contributed by atoms with Gasteiger partial charge in [-0.3, -0.25) is 12.2 Å². The summed E-state index contributed by atoms with van der Waals surface area (Å²) in [5.41, 5.74) is 5.84. The Morgan fingerprint density at radius 1 is 1.08 bits per heavy atom. The Labute approximate surface area is 185 Å². The summed E-state index contributed by atoms with van der Waals surface area (Å²) in [6, 6.07) is 0. The molecular weight excluding hydrogens is 475 g/mol. The zero-order chi connectivity index (χ0) is 15.9. The van der Waals surface area contributed by atoms with Crippen molar-refractivity contribution in [2.45, 2.75) is 54.9 Å². The molecule has 0 nitrogen and oxygen atoms in total. The second-order valence-corrected chi connectivity index (χ2v) is 6.36. The van der Waals surface area contributed by atoms with Crippen molar-refractivity contribution in [2.24, 2.45) is 11.3 Å². The van der Waals surface area contributed by atoms with E-state index in [0.29, 0.717) is 11.3 Å². The molecule has 0 aliphatic heterocycles. The summed E-state index contributed by atoms with van der Waals surface area (Å²) in [7, 11) is 0. The van der Waals surface area contributed by atoms with Crippen molar-refractivity contribution in [1.82, 2.24) is 0 Å². The average molecular weight is 511 g/mol. The van der Waals surface area contributed by atoms with Crippen LogP contribution >= 0.6 is 24.8 Å². The molecule has 4 heteroatoms. The molecule has 0 heterocycles. The van der Waals surface area contributed by atoms with Crippen LogP contribution in [-0.2, 0) is 21.6 Å². The molecule has 0 spiro atoms. The van der Waals surface area contributed by atoms with Crippen LogP contribution in [0, 0.1) is 38.3 Å². The van der Waals surface area contributed by atoms with Gasteiger partial charge in [0.1, 0.15) is 0 Å². The molecule has 0 saturated carbocycles. The summed E-state index contributed by atoms with van der Waals surface area (Å²) in [5, 5.41) is 0. The van der Waals surface area contributed by atoms with Crippen molar-refractivity contribution in [3.05, 3.63) is 61.4 Å². The van der Waals surface area contributed by atoms with Crippen LogP contribution in [0.15, 0.2) is 34.4 Å². The Morgan fingerprint density at radius 2 is 1.54 bits per heavy atom. The molecule has 0 aromatic carbocycles. The normalized spacial score (nSPS) is 17.2. The molecular formula is C20H36Cl2GeZr-4. The first-order valence-corrected chi connectivity index (χ1v) is 17.6. The van der Waals surface area contributed by atoms with Gasteiger partial charge < -0.3 is 14.9 Å². The van der Waals surface area contributed by atoms with Gasteiger partial charge in [-0.2, -0.15) is 11.6 Å². The molecule has 142 valence electrons. The predicted octanol–water partition coefficient (Wildman–Crippen LogP) is 6.27. The topological polar surface area (TPSA) is 0 Å². The van der Waals surface area contributed by atoms with Gasteiger partial charge in [-0.25, -0.2) is 22.8 Å². The monoisotopic (exact) mass is 510 g/mol. The molecule has 0 aromatic rings. The first-order valence-electron chi connectivity index (χ1n) is 7.13. The molecule has 0 bridgehead atoms. The second-order valence-electron chi connectivity index (χ2n) is 6.36. The van der Waals surface area contributed by atoms with Gasteiger partial charge in [-0.05, 0) is 5.41 Å². The summed E-state index contributed by atoms with van der Waals surface area (Å²) < 4.78 is 0. The second kappa shape index (κ2) is 17.4. The molecule has 2 aliphatic rings. The van der Waals surface area contributed by atoms with Gasteiger partial charge in [-0.1, -0.05) is 47.5 Å².